The number of unbranched alkanes of at least 4 members (excludes halogenated alkanes) is 36. The lowest BCUT2D eigenvalue weighted by molar-refractivity contribution is -0.150. The third kappa shape index (κ3) is 54.9. The van der Waals surface area contributed by atoms with Crippen LogP contribution in [0.3, 0.4) is 0 Å². The van der Waals surface area contributed by atoms with Gasteiger partial charge in [0.25, 0.3) is 0 Å². The third-order valence-corrected chi connectivity index (χ3v) is 15.0. The molecule has 0 aromatic rings. The van der Waals surface area contributed by atoms with Crippen molar-refractivity contribution in [3.8, 4) is 0 Å². The Balaban J connectivity index is 4.88. The molecule has 0 spiro atoms. The van der Waals surface area contributed by atoms with Crippen LogP contribution in [0.4, 0.5) is 0 Å². The van der Waals surface area contributed by atoms with Gasteiger partial charge in [0.15, 0.2) is 0 Å². The number of ether oxygens (including phenoxy) is 3. The molecule has 0 rings (SSSR count). The Bertz CT molecular complexity index is 1010. The van der Waals surface area contributed by atoms with Crippen molar-refractivity contribution in [1.82, 2.24) is 9.80 Å². The summed E-state index contributed by atoms with van der Waals surface area (Å²) in [7, 11) is 0. The number of rotatable bonds is 61. The Morgan fingerprint density at radius 3 is 0.930 bits per heavy atom. The maximum absolute atomic E-state index is 13.0. The maximum Gasteiger partial charge on any atom is 0.306 e. The van der Waals surface area contributed by atoms with Crippen LogP contribution in [0.5, 0.6) is 0 Å². The summed E-state index contributed by atoms with van der Waals surface area (Å²) in [6.07, 6.45) is 58.0. The number of nitrogens with zero attached hydrogens (tertiary/aromatic N) is 2. The monoisotopic (exact) mass is 1000 g/mol. The molecule has 0 atom stereocenters. The van der Waals surface area contributed by atoms with E-state index < -0.39 is 0 Å². The molecule has 0 aromatic carbocycles. The molecule has 7 nitrogen and oxygen atoms in total. The van der Waals surface area contributed by atoms with Gasteiger partial charge in [0.1, 0.15) is 6.10 Å². The lowest BCUT2D eigenvalue weighted by Crippen LogP contribution is -2.32. The van der Waals surface area contributed by atoms with E-state index in [0.29, 0.717) is 19.4 Å². The average molecular weight is 1010 g/mol. The van der Waals surface area contributed by atoms with Crippen molar-refractivity contribution in [2.45, 2.75) is 343 Å². The van der Waals surface area contributed by atoms with E-state index >= 15 is 0 Å². The molecule has 424 valence electrons. The smallest absolute Gasteiger partial charge is 0.306 e. The summed E-state index contributed by atoms with van der Waals surface area (Å²) in [6, 6.07) is 0. The Morgan fingerprint density at radius 1 is 0.296 bits per heavy atom. The zero-order valence-corrected chi connectivity index (χ0v) is 49.1. The van der Waals surface area contributed by atoms with E-state index in [0.717, 1.165) is 84.3 Å². The van der Waals surface area contributed by atoms with Crippen molar-refractivity contribution in [2.24, 2.45) is 0 Å². The largest absolute Gasteiger partial charge is 0.466 e. The molecule has 71 heavy (non-hydrogen) atoms. The molecule has 0 unspecified atom stereocenters. The molecule has 0 saturated heterocycles. The second-order valence-electron chi connectivity index (χ2n) is 22.1. The van der Waals surface area contributed by atoms with Crippen LogP contribution in [0.25, 0.3) is 0 Å². The van der Waals surface area contributed by atoms with Gasteiger partial charge in [-0.1, -0.05) is 253 Å². The van der Waals surface area contributed by atoms with E-state index in [1.54, 1.807) is 0 Å². The van der Waals surface area contributed by atoms with E-state index in [9.17, 15) is 9.59 Å². The van der Waals surface area contributed by atoms with Gasteiger partial charge in [0.05, 0.1) is 19.8 Å². The Hall–Kier alpha value is -1.18. The van der Waals surface area contributed by atoms with Crippen molar-refractivity contribution in [3.63, 3.8) is 0 Å². The summed E-state index contributed by atoms with van der Waals surface area (Å²) in [5, 5.41) is 0. The summed E-state index contributed by atoms with van der Waals surface area (Å²) in [4.78, 5) is 30.7. The molecule has 0 amide bonds. The van der Waals surface area contributed by atoms with Crippen LogP contribution in [0.1, 0.15) is 336 Å². The fraction of sp³-hybridized carbons (Fsp3) is 0.969. The van der Waals surface area contributed by atoms with Gasteiger partial charge in [0.2, 0.25) is 0 Å². The topological polar surface area (TPSA) is 68.3 Å². The minimum atomic E-state index is -0.00735. The van der Waals surface area contributed by atoms with Crippen LogP contribution in [-0.4, -0.2) is 86.9 Å². The highest BCUT2D eigenvalue weighted by molar-refractivity contribution is 5.69. The second-order valence-corrected chi connectivity index (χ2v) is 22.1. The first kappa shape index (κ1) is 69.8. The Morgan fingerprint density at radius 2 is 0.577 bits per heavy atom. The van der Waals surface area contributed by atoms with Crippen molar-refractivity contribution >= 4 is 11.9 Å². The summed E-state index contributed by atoms with van der Waals surface area (Å²) in [6.45, 7) is 20.4. The number of hydrogen-bond acceptors (Lipinski definition) is 7. The fourth-order valence-corrected chi connectivity index (χ4v) is 10.1. The van der Waals surface area contributed by atoms with Crippen LogP contribution in [-0.2, 0) is 23.8 Å². The van der Waals surface area contributed by atoms with Gasteiger partial charge >= 0.3 is 11.9 Å². The van der Waals surface area contributed by atoms with Crippen LogP contribution in [0, 0.1) is 0 Å². The first-order chi connectivity index (χ1) is 35.0. The van der Waals surface area contributed by atoms with Crippen LogP contribution < -0.4 is 0 Å². The quantitative estimate of drug-likeness (QED) is 0.0444. The summed E-state index contributed by atoms with van der Waals surface area (Å²) in [5.41, 5.74) is 0. The predicted molar refractivity (Wildman–Crippen MR) is 310 cm³/mol. The normalized spacial score (nSPS) is 11.8. The lowest BCUT2D eigenvalue weighted by Gasteiger charge is -2.24. The summed E-state index contributed by atoms with van der Waals surface area (Å²) >= 11 is 0. The number of carbonyl (C=O) groups is 2. The highest BCUT2D eigenvalue weighted by atomic mass is 16.5. The van der Waals surface area contributed by atoms with Gasteiger partial charge in [-0.15, -0.1) is 0 Å². The second kappa shape index (κ2) is 59.7. The van der Waals surface area contributed by atoms with Crippen molar-refractivity contribution < 1.29 is 23.8 Å². The van der Waals surface area contributed by atoms with Gasteiger partial charge in [-0.3, -0.25) is 9.59 Å². The van der Waals surface area contributed by atoms with E-state index in [4.69, 9.17) is 14.2 Å². The van der Waals surface area contributed by atoms with Crippen LogP contribution in [0.15, 0.2) is 0 Å². The molecule has 0 bridgehead atoms. The first-order valence-electron chi connectivity index (χ1n) is 32.4. The molecule has 7 heteroatoms. The van der Waals surface area contributed by atoms with E-state index in [2.05, 4.69) is 44.4 Å². The molecule has 0 saturated carbocycles. The molecule has 0 N–H and O–H groups in total. The minimum Gasteiger partial charge on any atom is -0.466 e. The molecule has 0 aromatic heterocycles. The Labute approximate surface area is 445 Å². The highest BCUT2D eigenvalue weighted by Crippen LogP contribution is 2.19. The van der Waals surface area contributed by atoms with Gasteiger partial charge in [-0.2, -0.15) is 0 Å². The van der Waals surface area contributed by atoms with Crippen LogP contribution >= 0.6 is 0 Å². The van der Waals surface area contributed by atoms with Crippen molar-refractivity contribution in [3.05, 3.63) is 0 Å². The molecule has 0 aliphatic heterocycles. The lowest BCUT2D eigenvalue weighted by atomic mass is 10.0. The molecule has 0 heterocycles. The standard InChI is InChI=1S/C64H128N2O5/c1-6-11-16-21-26-35-44-53-65(54-45-36-27-22-17-12-7-2)57-60-69-61-58-66(55-46-37-29-33-42-51-63(67)70-59-48-39-28-23-18-13-8-3)56-47-38-30-34-43-52-64(68)71-62(49-40-31-24-19-14-9-4)50-41-32-25-20-15-10-5/h62H,6-61H2,1-5H3. The maximum atomic E-state index is 13.0. The molecule has 0 fully saturated rings. The van der Waals surface area contributed by atoms with Gasteiger partial charge < -0.3 is 24.0 Å². The fourth-order valence-electron chi connectivity index (χ4n) is 10.1. The third-order valence-electron chi connectivity index (χ3n) is 15.0. The van der Waals surface area contributed by atoms with Gasteiger partial charge in [-0.05, 0) is 96.8 Å². The first-order valence-corrected chi connectivity index (χ1v) is 32.4. The van der Waals surface area contributed by atoms with Crippen molar-refractivity contribution in [2.75, 3.05) is 59.1 Å². The Kier molecular flexibility index (Phi) is 58.7. The zero-order valence-electron chi connectivity index (χ0n) is 49.1. The molecule has 0 aliphatic rings. The van der Waals surface area contributed by atoms with Gasteiger partial charge in [-0.25, -0.2) is 0 Å². The van der Waals surface area contributed by atoms with Crippen LogP contribution in [0.2, 0.25) is 0 Å². The zero-order chi connectivity index (χ0) is 51.6. The number of hydrogen-bond donors (Lipinski definition) is 0. The van der Waals surface area contributed by atoms with E-state index in [-0.39, 0.29) is 18.0 Å². The minimum absolute atomic E-state index is 0.00735. The molecular formula is C64H128N2O5. The van der Waals surface area contributed by atoms with E-state index in [1.165, 1.54) is 257 Å². The SMILES string of the molecule is CCCCCCCCCOC(=O)CCCCCCCN(CCCCCCCC(=O)OC(CCCCCCCC)CCCCCCCC)CCOCCN(CCCCCCCCC)CCCCCCCCC. The average Bonchev–Trinajstić information content (AvgIpc) is 3.37. The molecule has 0 radical (unpaired) electrons. The number of esters is 2. The molecular weight excluding hydrogens is 877 g/mol. The number of carbonyl (C=O) groups excluding carboxylic acids is 2. The molecule has 0 aliphatic carbocycles. The van der Waals surface area contributed by atoms with E-state index in [1.807, 2.05) is 0 Å². The van der Waals surface area contributed by atoms with Gasteiger partial charge in [0, 0.05) is 25.9 Å². The highest BCUT2D eigenvalue weighted by Gasteiger charge is 2.15. The van der Waals surface area contributed by atoms with Crippen molar-refractivity contribution in [1.29, 1.82) is 0 Å². The summed E-state index contributed by atoms with van der Waals surface area (Å²) in [5.74, 6) is 0.0303. The predicted octanol–water partition coefficient (Wildman–Crippen LogP) is 19.5. The summed E-state index contributed by atoms with van der Waals surface area (Å²) < 4.78 is 18.1.